The number of rotatable bonds is 29. The lowest BCUT2D eigenvalue weighted by molar-refractivity contribution is -0.870. The molecule has 0 bridgehead atoms. The van der Waals surface area contributed by atoms with E-state index in [-0.39, 0.29) is 25.0 Å². The summed E-state index contributed by atoms with van der Waals surface area (Å²) >= 11 is 15.8. The molecule has 15 heteroatoms. The van der Waals surface area contributed by atoms with Crippen LogP contribution >= 0.6 is 83.1 Å². The van der Waals surface area contributed by atoms with E-state index in [1.165, 1.54) is 16.5 Å². The average molecular weight is 1680 g/mol. The zero-order chi connectivity index (χ0) is 75.6. The Labute approximate surface area is 675 Å². The minimum absolute atomic E-state index is 0. The van der Waals surface area contributed by atoms with Gasteiger partial charge in [0.05, 0.1) is 49.3 Å². The molecule has 0 saturated carbocycles. The summed E-state index contributed by atoms with van der Waals surface area (Å²) in [6.07, 6.45) is 15.2. The number of quaternary nitrogens is 1. The molecule has 0 saturated heterocycles. The summed E-state index contributed by atoms with van der Waals surface area (Å²) in [7, 11) is 15.0. The molecule has 0 aliphatic carbocycles. The third kappa shape index (κ3) is 24.8. The summed E-state index contributed by atoms with van der Waals surface area (Å²) in [5, 5.41) is 31.8. The molecule has 3 aromatic heterocycles. The van der Waals surface area contributed by atoms with Gasteiger partial charge in [-0.25, -0.2) is 15.0 Å². The maximum absolute atomic E-state index is 12.8. The molecule has 9 aromatic carbocycles. The van der Waals surface area contributed by atoms with Crippen LogP contribution in [0, 0.1) is 0 Å². The van der Waals surface area contributed by atoms with Crippen molar-refractivity contribution in [1.82, 2.24) is 24.8 Å². The fourth-order valence-corrected chi connectivity index (χ4v) is 16.6. The number of ketones is 1. The number of carbonyl (C=O) groups excluding carboxylic acids is 1. The van der Waals surface area contributed by atoms with Gasteiger partial charge in [-0.05, 0) is 229 Å². The Kier molecular flexibility index (Phi) is 34.0. The van der Waals surface area contributed by atoms with Crippen LogP contribution in [0.15, 0.2) is 283 Å². The normalized spacial score (nSPS) is 13.1. The number of Topliss-reactive ketones (excluding diaryl/α,β-unsaturated/α-hetero) is 1. The van der Waals surface area contributed by atoms with Gasteiger partial charge in [0.25, 0.3) is 0 Å². The Balaban J connectivity index is 0.000000189. The van der Waals surface area contributed by atoms with E-state index < -0.39 is 11.2 Å². The molecule has 0 fully saturated rings. The zero-order valence-electron chi connectivity index (χ0n) is 62.9. The Bertz CT molecular complexity index is 4700. The van der Waals surface area contributed by atoms with Gasteiger partial charge in [0.2, 0.25) is 0 Å². The first kappa shape index (κ1) is 85.8. The van der Waals surface area contributed by atoms with Gasteiger partial charge in [-0.1, -0.05) is 237 Å². The molecule has 3 heterocycles. The zero-order valence-corrected chi connectivity index (χ0v) is 70.1. The van der Waals surface area contributed by atoms with Gasteiger partial charge in [-0.15, -0.1) is 35.3 Å². The molecule has 12 rings (SSSR count). The molecule has 0 aliphatic rings. The maximum atomic E-state index is 12.8. The molecule has 9 nitrogen and oxygen atoms in total. The fraction of sp³-hybridized carbons (Fsp3) is 0.304. The highest BCUT2D eigenvalue weighted by molar-refractivity contribution is 9.11. The Hall–Kier alpha value is -6.83. The predicted molar refractivity (Wildman–Crippen MR) is 469 cm³/mol. The molecular formula is C92H106Br3N6O3S3+. The second kappa shape index (κ2) is 42.4. The van der Waals surface area contributed by atoms with Crippen LogP contribution < -0.4 is 0 Å². The number of pyridine rings is 3. The largest absolute Gasteiger partial charge is 0.384 e. The smallest absolute Gasteiger partial charge is 0.162 e. The number of unbranched alkanes of at least 4 members (excludes halogenated alkanes) is 3. The van der Waals surface area contributed by atoms with Gasteiger partial charge < -0.3 is 24.5 Å². The summed E-state index contributed by atoms with van der Waals surface area (Å²) in [6, 6.07) is 86.6. The minimum Gasteiger partial charge on any atom is -0.384 e. The molecule has 0 spiro atoms. The number of fused-ring (bicyclic) bond motifs is 3. The lowest BCUT2D eigenvalue weighted by atomic mass is 9.71. The van der Waals surface area contributed by atoms with E-state index in [1.54, 1.807) is 35.3 Å². The Morgan fingerprint density at radius 2 is 0.794 bits per heavy atom. The second-order valence-corrected chi connectivity index (χ2v) is 33.7. The summed E-state index contributed by atoms with van der Waals surface area (Å²) in [5.41, 5.74) is 10.5. The van der Waals surface area contributed by atoms with Gasteiger partial charge in [-0.3, -0.25) is 4.79 Å². The number of carbonyl (C=O) groups is 1. The van der Waals surface area contributed by atoms with E-state index in [9.17, 15) is 15.0 Å². The number of aliphatic hydroxyl groups is 2. The molecule has 560 valence electrons. The average Bonchev–Trinajstić information content (AvgIpc) is 0.755. The summed E-state index contributed by atoms with van der Waals surface area (Å²) in [4.78, 5) is 30.9. The first-order valence-corrected chi connectivity index (χ1v) is 42.4. The Morgan fingerprint density at radius 3 is 1.19 bits per heavy atom. The summed E-state index contributed by atoms with van der Waals surface area (Å²) in [6.45, 7) is 3.13. The minimum atomic E-state index is -1.08. The number of hydrogen-bond donors (Lipinski definition) is 2. The van der Waals surface area contributed by atoms with Gasteiger partial charge >= 0.3 is 0 Å². The van der Waals surface area contributed by atoms with Crippen molar-refractivity contribution in [2.75, 3.05) is 87.7 Å². The fourth-order valence-electron chi connectivity index (χ4n) is 13.7. The quantitative estimate of drug-likeness (QED) is 0.0203. The van der Waals surface area contributed by atoms with Crippen LogP contribution in [0.3, 0.4) is 0 Å². The van der Waals surface area contributed by atoms with Crippen molar-refractivity contribution in [2.45, 2.75) is 110 Å². The van der Waals surface area contributed by atoms with Crippen LogP contribution in [0.25, 0.3) is 32.7 Å². The van der Waals surface area contributed by atoms with Crippen molar-refractivity contribution < 1.29 is 19.5 Å². The van der Waals surface area contributed by atoms with E-state index in [4.69, 9.17) is 15.0 Å². The number of aromatic nitrogens is 3. The number of halogens is 3. The number of benzene rings is 9. The lowest BCUT2D eigenvalue weighted by Crippen LogP contribution is -2.37. The standard InChI is InChI=1S/C31H36BrN2OS.C30H33BrN2OS.C17H14BrNS.C13H19NO.CH4/c1-34(2,3)20-12-11-19-31(35,25-15-9-6-10-16-25)29(23-13-7-5-8-14-23)27-22-24-21-26(32)17-18-28(24)33-30(27)36-4;1-33(2)19-11-10-18-30(34,24-14-8-5-9-15-24)28(22-12-6-4-7-13-22)26-21-23-20-25(31)16-17-27(23)32-29(26)35-3;1-20-17-14(9-12-5-3-2-4-6-12)10-13-11-15(18)7-8-16(13)19-17;1-14(2)11-7-6-10-13(15)12-8-4-3-5-9-12;/h5-10,13-18,21-22,29,35H,11-12,19-20H2,1-4H3;4-9,12-17,20-21,28,34H,10-11,18-19H2,1-3H3;2-8,10-11H,9H2,1H3;3-5,8-9H,6-7,10-11H2,1-2H3;1H4/q+1;;;;. The number of hydrogen-bond acceptors (Lipinski definition) is 11. The van der Waals surface area contributed by atoms with Crippen LogP contribution in [-0.4, -0.2) is 133 Å². The van der Waals surface area contributed by atoms with Crippen LogP contribution in [-0.2, 0) is 17.6 Å². The van der Waals surface area contributed by atoms with Crippen molar-refractivity contribution >= 4 is 122 Å². The van der Waals surface area contributed by atoms with Crippen molar-refractivity contribution in [1.29, 1.82) is 0 Å². The molecule has 4 unspecified atom stereocenters. The van der Waals surface area contributed by atoms with Crippen LogP contribution in [0.4, 0.5) is 0 Å². The highest BCUT2D eigenvalue weighted by Gasteiger charge is 2.43. The lowest BCUT2D eigenvalue weighted by Gasteiger charge is -2.39. The van der Waals surface area contributed by atoms with E-state index in [0.29, 0.717) is 19.3 Å². The first-order chi connectivity index (χ1) is 51.1. The Morgan fingerprint density at radius 1 is 0.439 bits per heavy atom. The highest BCUT2D eigenvalue weighted by Crippen LogP contribution is 2.50. The third-order valence-electron chi connectivity index (χ3n) is 19.0. The number of nitrogens with zero attached hydrogens (tertiary/aromatic N) is 6. The predicted octanol–water partition coefficient (Wildman–Crippen LogP) is 23.6. The van der Waals surface area contributed by atoms with Gasteiger partial charge in [-0.2, -0.15) is 0 Å². The van der Waals surface area contributed by atoms with E-state index in [1.807, 2.05) is 103 Å². The molecule has 0 amide bonds. The van der Waals surface area contributed by atoms with E-state index >= 15 is 0 Å². The van der Waals surface area contributed by atoms with E-state index in [2.05, 4.69) is 277 Å². The molecule has 0 radical (unpaired) electrons. The third-order valence-corrected chi connectivity index (χ3v) is 22.6. The van der Waals surface area contributed by atoms with Crippen LogP contribution in [0.1, 0.15) is 132 Å². The maximum Gasteiger partial charge on any atom is 0.162 e. The molecule has 4 atom stereocenters. The topological polar surface area (TPSA) is 103 Å². The molecular weight excluding hydrogens is 1570 g/mol. The molecule has 107 heavy (non-hydrogen) atoms. The number of thioether (sulfide) groups is 3. The van der Waals surface area contributed by atoms with Crippen molar-refractivity contribution in [3.05, 3.63) is 318 Å². The second-order valence-electron chi connectivity index (χ2n) is 28.6. The van der Waals surface area contributed by atoms with E-state index in [0.717, 1.165) is 164 Å². The van der Waals surface area contributed by atoms with Crippen LogP contribution in [0.5, 0.6) is 0 Å². The highest BCUT2D eigenvalue weighted by atomic mass is 79.9. The first-order valence-electron chi connectivity index (χ1n) is 36.4. The summed E-state index contributed by atoms with van der Waals surface area (Å²) < 4.78 is 4.06. The SMILES string of the molecule is C.CN(C)CCCCC(=O)c1ccccc1.CSc1nc2ccc(Br)cc2cc1C(c1ccccc1)C(O)(CCCCN(C)C)c1ccccc1.CSc1nc2ccc(Br)cc2cc1C(c1ccccc1)C(O)(CCCC[N+](C)(C)C)c1ccccc1.CSc1nc2ccc(Br)cc2cc1Cc1ccccc1. The van der Waals surface area contributed by atoms with Crippen molar-refractivity contribution in [2.24, 2.45) is 0 Å². The molecule has 2 N–H and O–H groups in total. The van der Waals surface area contributed by atoms with Crippen molar-refractivity contribution in [3.8, 4) is 0 Å². The van der Waals surface area contributed by atoms with Crippen LogP contribution in [0.2, 0.25) is 0 Å². The van der Waals surface area contributed by atoms with Crippen molar-refractivity contribution in [3.63, 3.8) is 0 Å². The monoisotopic (exact) mass is 1680 g/mol. The molecule has 12 aromatic rings. The van der Waals surface area contributed by atoms with Gasteiger partial charge in [0.15, 0.2) is 5.78 Å². The van der Waals surface area contributed by atoms with Gasteiger partial charge in [0, 0.05) is 59.8 Å². The molecule has 0 aliphatic heterocycles. The van der Waals surface area contributed by atoms with Gasteiger partial charge in [0.1, 0.15) is 21.3 Å². The summed E-state index contributed by atoms with van der Waals surface area (Å²) in [5.74, 6) is -0.262.